The maximum absolute atomic E-state index is 12.4. The number of hydrogen-bond acceptors (Lipinski definition) is 3. The highest BCUT2D eigenvalue weighted by molar-refractivity contribution is 5.82. The van der Waals surface area contributed by atoms with Gasteiger partial charge in [-0.05, 0) is 25.1 Å². The van der Waals surface area contributed by atoms with E-state index in [0.29, 0.717) is 6.54 Å². The summed E-state index contributed by atoms with van der Waals surface area (Å²) in [4.78, 5) is 12.4. The number of rotatable bonds is 9. The molecule has 0 spiro atoms. The van der Waals surface area contributed by atoms with Gasteiger partial charge < -0.3 is 10.6 Å². The lowest BCUT2D eigenvalue weighted by Crippen LogP contribution is -2.30. The van der Waals surface area contributed by atoms with Crippen LogP contribution in [-0.4, -0.2) is 35.3 Å². The van der Waals surface area contributed by atoms with Crippen molar-refractivity contribution in [1.29, 1.82) is 0 Å². The van der Waals surface area contributed by atoms with Crippen LogP contribution in [-0.2, 0) is 11.3 Å². The van der Waals surface area contributed by atoms with E-state index in [9.17, 15) is 4.79 Å². The first kappa shape index (κ1) is 18.9. The van der Waals surface area contributed by atoms with Crippen molar-refractivity contribution in [2.24, 2.45) is 0 Å². The Morgan fingerprint density at radius 1 is 0.963 bits per heavy atom. The van der Waals surface area contributed by atoms with Gasteiger partial charge in [0.2, 0.25) is 5.91 Å². The first-order valence-corrected chi connectivity index (χ1v) is 9.43. The van der Waals surface area contributed by atoms with Gasteiger partial charge in [-0.25, -0.2) is 0 Å². The highest BCUT2D eigenvalue weighted by Gasteiger charge is 2.16. The summed E-state index contributed by atoms with van der Waals surface area (Å²) in [6.07, 6.45) is 2.76. The molecule has 0 aliphatic carbocycles. The van der Waals surface area contributed by atoms with E-state index in [1.54, 1.807) is 4.68 Å². The number of nitrogens with one attached hydrogen (secondary N) is 2. The minimum atomic E-state index is -0.0219. The average Bonchev–Trinajstić information content (AvgIpc) is 3.12. The molecule has 0 aliphatic heterocycles. The SMILES string of the molecule is CCNCCCNC(=O)Cn1ncc(-c2ccccc2)c1-c1ccccc1. The predicted octanol–water partition coefficient (Wildman–Crippen LogP) is 3.33. The molecule has 0 saturated carbocycles. The van der Waals surface area contributed by atoms with Crippen LogP contribution in [0.1, 0.15) is 13.3 Å². The molecular weight excluding hydrogens is 336 g/mol. The number of aromatic nitrogens is 2. The quantitative estimate of drug-likeness (QED) is 0.574. The van der Waals surface area contributed by atoms with Crippen molar-refractivity contribution in [2.45, 2.75) is 19.9 Å². The van der Waals surface area contributed by atoms with Gasteiger partial charge in [0, 0.05) is 17.7 Å². The van der Waals surface area contributed by atoms with Gasteiger partial charge in [-0.1, -0.05) is 67.6 Å². The molecule has 1 amide bonds. The van der Waals surface area contributed by atoms with Gasteiger partial charge in [0.1, 0.15) is 6.54 Å². The smallest absolute Gasteiger partial charge is 0.241 e. The highest BCUT2D eigenvalue weighted by atomic mass is 16.2. The van der Waals surface area contributed by atoms with Crippen LogP contribution >= 0.6 is 0 Å². The lowest BCUT2D eigenvalue weighted by molar-refractivity contribution is -0.121. The summed E-state index contributed by atoms with van der Waals surface area (Å²) >= 11 is 0. The van der Waals surface area contributed by atoms with E-state index >= 15 is 0 Å². The summed E-state index contributed by atoms with van der Waals surface area (Å²) in [7, 11) is 0. The van der Waals surface area contributed by atoms with Gasteiger partial charge in [0.15, 0.2) is 0 Å². The topological polar surface area (TPSA) is 58.9 Å². The largest absolute Gasteiger partial charge is 0.354 e. The van der Waals surface area contributed by atoms with Crippen LogP contribution < -0.4 is 10.6 Å². The van der Waals surface area contributed by atoms with Crippen LogP contribution in [0.25, 0.3) is 22.4 Å². The van der Waals surface area contributed by atoms with Gasteiger partial charge in [-0.3, -0.25) is 9.48 Å². The summed E-state index contributed by atoms with van der Waals surface area (Å²) in [5.74, 6) is -0.0219. The van der Waals surface area contributed by atoms with Gasteiger partial charge in [-0.2, -0.15) is 5.10 Å². The monoisotopic (exact) mass is 362 g/mol. The normalized spacial score (nSPS) is 10.7. The molecule has 1 aromatic heterocycles. The molecular formula is C22H26N4O. The fourth-order valence-corrected chi connectivity index (χ4v) is 3.04. The Bertz CT molecular complexity index is 843. The van der Waals surface area contributed by atoms with Gasteiger partial charge in [0.25, 0.3) is 0 Å². The summed E-state index contributed by atoms with van der Waals surface area (Å²) in [6.45, 7) is 4.80. The van der Waals surface area contributed by atoms with Gasteiger partial charge in [-0.15, -0.1) is 0 Å². The molecule has 0 saturated heterocycles. The third kappa shape index (κ3) is 5.05. The number of carbonyl (C=O) groups excluding carboxylic acids is 1. The summed E-state index contributed by atoms with van der Waals surface area (Å²) in [5.41, 5.74) is 4.13. The van der Waals surface area contributed by atoms with Crippen molar-refractivity contribution in [3.05, 3.63) is 66.9 Å². The zero-order valence-corrected chi connectivity index (χ0v) is 15.7. The molecule has 2 N–H and O–H groups in total. The second kappa shape index (κ2) is 9.69. The van der Waals surface area contributed by atoms with E-state index in [4.69, 9.17) is 0 Å². The van der Waals surface area contributed by atoms with Crippen molar-refractivity contribution < 1.29 is 4.79 Å². The standard InChI is InChI=1S/C22H26N4O/c1-2-23-14-9-15-24-21(27)17-26-22(19-12-7-4-8-13-19)20(16-25-26)18-10-5-3-6-11-18/h3-8,10-13,16,23H,2,9,14-15,17H2,1H3,(H,24,27). The molecule has 0 bridgehead atoms. The summed E-state index contributed by atoms with van der Waals surface area (Å²) < 4.78 is 1.79. The van der Waals surface area contributed by atoms with E-state index in [1.807, 2.05) is 54.7 Å². The Hall–Kier alpha value is -2.92. The minimum absolute atomic E-state index is 0.0219. The molecule has 0 atom stereocenters. The Morgan fingerprint density at radius 3 is 2.30 bits per heavy atom. The van der Waals surface area contributed by atoms with Crippen LogP contribution in [0.5, 0.6) is 0 Å². The van der Waals surface area contributed by atoms with Gasteiger partial charge in [0.05, 0.1) is 11.9 Å². The van der Waals surface area contributed by atoms with Crippen LogP contribution in [0.4, 0.5) is 0 Å². The number of amides is 1. The molecule has 27 heavy (non-hydrogen) atoms. The molecule has 0 radical (unpaired) electrons. The maximum atomic E-state index is 12.4. The minimum Gasteiger partial charge on any atom is -0.354 e. The zero-order chi connectivity index (χ0) is 18.9. The molecule has 0 unspecified atom stereocenters. The highest BCUT2D eigenvalue weighted by Crippen LogP contribution is 2.31. The number of nitrogens with zero attached hydrogens (tertiary/aromatic N) is 2. The first-order valence-electron chi connectivity index (χ1n) is 9.43. The van der Waals surface area contributed by atoms with Crippen LogP contribution in [0.15, 0.2) is 66.9 Å². The van der Waals surface area contributed by atoms with Gasteiger partial charge >= 0.3 is 0 Å². The van der Waals surface area contributed by atoms with Crippen LogP contribution in [0, 0.1) is 0 Å². The van der Waals surface area contributed by atoms with E-state index in [2.05, 4.69) is 34.8 Å². The van der Waals surface area contributed by atoms with E-state index in [-0.39, 0.29) is 12.5 Å². The van der Waals surface area contributed by atoms with Crippen molar-refractivity contribution >= 4 is 5.91 Å². The van der Waals surface area contributed by atoms with Crippen molar-refractivity contribution in [3.8, 4) is 22.4 Å². The second-order valence-corrected chi connectivity index (χ2v) is 6.35. The predicted molar refractivity (Wildman–Crippen MR) is 109 cm³/mol. The molecule has 3 aromatic rings. The lowest BCUT2D eigenvalue weighted by Gasteiger charge is -2.11. The third-order valence-corrected chi connectivity index (χ3v) is 4.37. The molecule has 5 nitrogen and oxygen atoms in total. The molecule has 5 heteroatoms. The Kier molecular flexibility index (Phi) is 6.77. The molecule has 2 aromatic carbocycles. The summed E-state index contributed by atoms with van der Waals surface area (Å²) in [5, 5.41) is 10.7. The number of benzene rings is 2. The zero-order valence-electron chi connectivity index (χ0n) is 15.7. The fraction of sp³-hybridized carbons (Fsp3) is 0.273. The molecule has 140 valence electrons. The number of hydrogen-bond donors (Lipinski definition) is 2. The molecule has 1 heterocycles. The Morgan fingerprint density at radius 2 is 1.63 bits per heavy atom. The van der Waals surface area contributed by atoms with E-state index in [1.165, 1.54) is 0 Å². The Labute approximate surface area is 160 Å². The van der Waals surface area contributed by atoms with E-state index < -0.39 is 0 Å². The maximum Gasteiger partial charge on any atom is 0.241 e. The van der Waals surface area contributed by atoms with Crippen molar-refractivity contribution in [2.75, 3.05) is 19.6 Å². The van der Waals surface area contributed by atoms with Crippen LogP contribution in [0.2, 0.25) is 0 Å². The molecule has 3 rings (SSSR count). The average molecular weight is 362 g/mol. The lowest BCUT2D eigenvalue weighted by atomic mass is 10.0. The fourth-order valence-electron chi connectivity index (χ4n) is 3.04. The van der Waals surface area contributed by atoms with Crippen molar-refractivity contribution in [3.63, 3.8) is 0 Å². The van der Waals surface area contributed by atoms with Crippen LogP contribution in [0.3, 0.4) is 0 Å². The second-order valence-electron chi connectivity index (χ2n) is 6.35. The first-order chi connectivity index (χ1) is 13.3. The van der Waals surface area contributed by atoms with Crippen molar-refractivity contribution in [1.82, 2.24) is 20.4 Å². The van der Waals surface area contributed by atoms with E-state index in [0.717, 1.165) is 41.9 Å². The molecule has 0 fully saturated rings. The summed E-state index contributed by atoms with van der Waals surface area (Å²) in [6, 6.07) is 20.2. The third-order valence-electron chi connectivity index (χ3n) is 4.37. The molecule has 0 aliphatic rings. The Balaban J connectivity index is 1.79. The number of carbonyl (C=O) groups is 1.